The molecule has 0 aliphatic carbocycles. The Morgan fingerprint density at radius 3 is 2.15 bits per heavy atom. The summed E-state index contributed by atoms with van der Waals surface area (Å²) >= 11 is 0. The van der Waals surface area contributed by atoms with Crippen LogP contribution < -0.4 is 5.32 Å². The van der Waals surface area contributed by atoms with Gasteiger partial charge in [-0.25, -0.2) is 4.39 Å². The molecular weight excluding hydrogens is 507 g/mol. The van der Waals surface area contributed by atoms with Gasteiger partial charge in [0.2, 0.25) is 0 Å². The number of esters is 1. The van der Waals surface area contributed by atoms with Crippen LogP contribution in [0, 0.1) is 5.82 Å². The molecule has 7 heteroatoms. The number of carbonyl (C=O) groups excluding carboxylic acids is 2. The number of hydrogen-bond acceptors (Lipinski definition) is 4. The Kier molecular flexibility index (Phi) is 9.51. The number of benzene rings is 3. The molecule has 1 fully saturated rings. The summed E-state index contributed by atoms with van der Waals surface area (Å²) in [6.45, 7) is 7.35. The summed E-state index contributed by atoms with van der Waals surface area (Å²) in [4.78, 5) is 24.0. The number of aliphatic hydroxyl groups excluding tert-OH is 1. The number of aromatic nitrogens is 1. The minimum absolute atomic E-state index is 0.114. The van der Waals surface area contributed by atoms with Gasteiger partial charge in [-0.15, -0.1) is 0 Å². The predicted molar refractivity (Wildman–Crippen MR) is 156 cm³/mol. The first-order valence-corrected chi connectivity index (χ1v) is 13.6. The second-order valence-corrected chi connectivity index (χ2v) is 9.94. The van der Waals surface area contributed by atoms with Gasteiger partial charge in [-0.2, -0.15) is 0 Å². The van der Waals surface area contributed by atoms with Crippen molar-refractivity contribution in [1.29, 1.82) is 0 Å². The molecule has 5 rings (SSSR count). The average molecular weight is 543 g/mol. The highest BCUT2D eigenvalue weighted by Gasteiger charge is 2.30. The molecule has 3 aromatic carbocycles. The molecule has 2 heterocycles. The highest BCUT2D eigenvalue weighted by molar-refractivity contribution is 6.12. The maximum Gasteiger partial charge on any atom is 0.308 e. The lowest BCUT2D eigenvalue weighted by atomic mass is 9.94. The summed E-state index contributed by atoms with van der Waals surface area (Å²) < 4.78 is 20.5. The standard InChI is InChI=1S/C28H27FN2O.C5H8O3/c1-4-31-26(19(2)3)25(28(32)30-23-13-9-6-10-14-23)24(20-11-7-5-8-12-20)27(31)21-15-17-22(29)18-16-21;6-4-1-2-8-5(7)3-4/h5-19H,4H2,1-3H3,(H,30,32);4,6H,1-3H2/t;4-/m.1/s1. The number of carbonyl (C=O) groups is 2. The number of halogens is 1. The molecule has 1 saturated heterocycles. The number of para-hydroxylation sites is 1. The van der Waals surface area contributed by atoms with E-state index in [9.17, 15) is 14.0 Å². The van der Waals surface area contributed by atoms with Crippen LogP contribution in [-0.2, 0) is 16.1 Å². The zero-order chi connectivity index (χ0) is 28.6. The summed E-state index contributed by atoms with van der Waals surface area (Å²) in [6.07, 6.45) is 0.294. The third kappa shape index (κ3) is 6.66. The van der Waals surface area contributed by atoms with Crippen molar-refractivity contribution in [2.24, 2.45) is 0 Å². The number of aliphatic hydroxyl groups is 1. The third-order valence-corrected chi connectivity index (χ3v) is 6.72. The van der Waals surface area contributed by atoms with E-state index < -0.39 is 6.10 Å². The summed E-state index contributed by atoms with van der Waals surface area (Å²) in [5.41, 5.74) is 6.03. The van der Waals surface area contributed by atoms with E-state index in [2.05, 4.69) is 35.4 Å². The Bertz CT molecular complexity index is 1430. The number of cyclic esters (lactones) is 1. The average Bonchev–Trinajstić information content (AvgIpc) is 3.30. The number of amides is 1. The molecule has 6 nitrogen and oxygen atoms in total. The topological polar surface area (TPSA) is 80.6 Å². The molecule has 208 valence electrons. The summed E-state index contributed by atoms with van der Waals surface area (Å²) in [5.74, 6) is -0.600. The minimum Gasteiger partial charge on any atom is -0.465 e. The van der Waals surface area contributed by atoms with Crippen molar-refractivity contribution >= 4 is 17.6 Å². The molecule has 0 unspecified atom stereocenters. The monoisotopic (exact) mass is 542 g/mol. The molecule has 40 heavy (non-hydrogen) atoms. The van der Waals surface area contributed by atoms with Crippen molar-refractivity contribution in [2.75, 3.05) is 11.9 Å². The van der Waals surface area contributed by atoms with Gasteiger partial charge in [-0.3, -0.25) is 9.59 Å². The molecule has 1 aliphatic heterocycles. The van der Waals surface area contributed by atoms with Crippen molar-refractivity contribution in [2.45, 2.75) is 52.2 Å². The van der Waals surface area contributed by atoms with Crippen molar-refractivity contribution in [3.63, 3.8) is 0 Å². The van der Waals surface area contributed by atoms with Crippen LogP contribution in [0.4, 0.5) is 10.1 Å². The van der Waals surface area contributed by atoms with Gasteiger partial charge in [-0.05, 0) is 60.4 Å². The third-order valence-electron chi connectivity index (χ3n) is 6.72. The lowest BCUT2D eigenvalue weighted by Crippen LogP contribution is -2.24. The summed E-state index contributed by atoms with van der Waals surface area (Å²) in [7, 11) is 0. The highest BCUT2D eigenvalue weighted by Crippen LogP contribution is 2.42. The molecule has 0 saturated carbocycles. The maximum atomic E-state index is 13.7. The molecular formula is C33H35FN2O4. The van der Waals surface area contributed by atoms with E-state index in [-0.39, 0.29) is 30.0 Å². The normalized spacial score (nSPS) is 14.8. The van der Waals surface area contributed by atoms with Gasteiger partial charge in [0.25, 0.3) is 5.91 Å². The number of rotatable bonds is 6. The quantitative estimate of drug-likeness (QED) is 0.256. The Morgan fingerprint density at radius 2 is 1.62 bits per heavy atom. The molecule has 4 aromatic rings. The molecule has 1 aromatic heterocycles. The van der Waals surface area contributed by atoms with Gasteiger partial charge >= 0.3 is 5.97 Å². The van der Waals surface area contributed by atoms with Gasteiger partial charge in [-0.1, -0.05) is 62.4 Å². The van der Waals surface area contributed by atoms with Crippen molar-refractivity contribution in [3.05, 3.63) is 102 Å². The Balaban J connectivity index is 0.000000398. The van der Waals surface area contributed by atoms with Crippen LogP contribution in [-0.4, -0.2) is 34.3 Å². The highest BCUT2D eigenvalue weighted by atomic mass is 19.1. The van der Waals surface area contributed by atoms with E-state index in [1.165, 1.54) is 12.1 Å². The predicted octanol–water partition coefficient (Wildman–Crippen LogP) is 7.04. The van der Waals surface area contributed by atoms with Crippen LogP contribution in [0.25, 0.3) is 22.4 Å². The smallest absolute Gasteiger partial charge is 0.308 e. The van der Waals surface area contributed by atoms with E-state index >= 15 is 0 Å². The van der Waals surface area contributed by atoms with Gasteiger partial charge in [0.1, 0.15) is 5.82 Å². The van der Waals surface area contributed by atoms with Crippen LogP contribution in [0.1, 0.15) is 55.6 Å². The Hall–Kier alpha value is -4.23. The van der Waals surface area contributed by atoms with Crippen molar-refractivity contribution in [1.82, 2.24) is 4.57 Å². The van der Waals surface area contributed by atoms with Gasteiger partial charge in [0, 0.05) is 29.9 Å². The lowest BCUT2D eigenvalue weighted by Gasteiger charge is -2.15. The van der Waals surface area contributed by atoms with Gasteiger partial charge < -0.3 is 19.7 Å². The molecule has 0 radical (unpaired) electrons. The number of hydrogen-bond donors (Lipinski definition) is 2. The van der Waals surface area contributed by atoms with Crippen LogP contribution in [0.15, 0.2) is 84.9 Å². The molecule has 1 atom stereocenters. The first-order valence-electron chi connectivity index (χ1n) is 13.6. The largest absolute Gasteiger partial charge is 0.465 e. The maximum absolute atomic E-state index is 13.7. The van der Waals surface area contributed by atoms with E-state index in [0.717, 1.165) is 33.8 Å². The zero-order valence-corrected chi connectivity index (χ0v) is 23.1. The molecule has 2 N–H and O–H groups in total. The minimum atomic E-state index is -0.462. The number of anilines is 1. The molecule has 1 aliphatic rings. The van der Waals surface area contributed by atoms with Crippen LogP contribution in [0.3, 0.4) is 0 Å². The second-order valence-electron chi connectivity index (χ2n) is 9.94. The number of nitrogens with zero attached hydrogens (tertiary/aromatic N) is 1. The van der Waals surface area contributed by atoms with E-state index in [1.807, 2.05) is 60.7 Å². The summed E-state index contributed by atoms with van der Waals surface area (Å²) in [6, 6.07) is 25.9. The van der Waals surface area contributed by atoms with Crippen LogP contribution in [0.5, 0.6) is 0 Å². The van der Waals surface area contributed by atoms with Crippen LogP contribution >= 0.6 is 0 Å². The lowest BCUT2D eigenvalue weighted by molar-refractivity contribution is -0.151. The van der Waals surface area contributed by atoms with Crippen molar-refractivity contribution in [3.8, 4) is 22.4 Å². The van der Waals surface area contributed by atoms with Crippen LogP contribution in [0.2, 0.25) is 0 Å². The first kappa shape index (κ1) is 28.8. The van der Waals surface area contributed by atoms with E-state index in [4.69, 9.17) is 5.11 Å². The van der Waals surface area contributed by atoms with Gasteiger partial charge in [0.15, 0.2) is 0 Å². The zero-order valence-electron chi connectivity index (χ0n) is 23.1. The molecule has 0 bridgehead atoms. The number of ether oxygens (including phenoxy) is 1. The molecule has 1 amide bonds. The SMILES string of the molecule is CCn1c(-c2ccc(F)cc2)c(-c2ccccc2)c(C(=O)Nc2ccccc2)c1C(C)C.O=C1C[C@H](O)CCO1. The molecule has 0 spiro atoms. The fourth-order valence-corrected chi connectivity index (χ4v) is 4.97. The number of nitrogens with one attached hydrogen (secondary N) is 1. The first-order chi connectivity index (χ1) is 19.3. The van der Waals surface area contributed by atoms with Crippen molar-refractivity contribution < 1.29 is 23.8 Å². The fourth-order valence-electron chi connectivity index (χ4n) is 4.97. The fraction of sp³-hybridized carbons (Fsp3) is 0.273. The second kappa shape index (κ2) is 13.2. The van der Waals surface area contributed by atoms with Gasteiger partial charge in [0.05, 0.1) is 30.4 Å². The van der Waals surface area contributed by atoms with E-state index in [1.54, 1.807) is 12.1 Å². The Labute approximate surface area is 234 Å². The Morgan fingerprint density at radius 1 is 1.00 bits per heavy atom. The van der Waals surface area contributed by atoms with E-state index in [0.29, 0.717) is 25.1 Å². The summed E-state index contributed by atoms with van der Waals surface area (Å²) in [5, 5.41) is 11.9.